The fraction of sp³-hybridized carbons (Fsp3) is 0.500. The van der Waals surface area contributed by atoms with Gasteiger partial charge < -0.3 is 30.3 Å². The van der Waals surface area contributed by atoms with Crippen LogP contribution in [0.5, 0.6) is 11.5 Å². The Morgan fingerprint density at radius 2 is 1.93 bits per heavy atom. The molecule has 9 nitrogen and oxygen atoms in total. The Hall–Kier alpha value is -2.81. The van der Waals surface area contributed by atoms with Crippen molar-refractivity contribution >= 4 is 23.5 Å². The second-order valence-corrected chi connectivity index (χ2v) is 5.82. The number of benzene rings is 1. The van der Waals surface area contributed by atoms with Gasteiger partial charge in [-0.15, -0.1) is 0 Å². The van der Waals surface area contributed by atoms with Crippen molar-refractivity contribution in [2.75, 3.05) is 25.6 Å². The first-order valence-electron chi connectivity index (χ1n) is 8.70. The highest BCUT2D eigenvalue weighted by atomic mass is 16.5. The molecule has 1 fully saturated rings. The monoisotopic (exact) mass is 382 g/mol. The van der Waals surface area contributed by atoms with Crippen molar-refractivity contribution < 1.29 is 34.1 Å². The number of carboxylic acids is 2. The standard InChI is InChI=1S/C16H24N2O3.C2H2O4/c1-3-4-10-21-15-11-12(7-8-14(15)20-2)18-16(19)13-6-5-9-17-13;3-1(4)2(5)6/h7-8,11,13,17H,3-6,9-10H2,1-2H3,(H,18,19);(H,3,4)(H,5,6). The van der Waals surface area contributed by atoms with Crippen LogP contribution in [-0.4, -0.2) is 54.4 Å². The Labute approximate surface area is 157 Å². The van der Waals surface area contributed by atoms with E-state index in [-0.39, 0.29) is 11.9 Å². The summed E-state index contributed by atoms with van der Waals surface area (Å²) >= 11 is 0. The van der Waals surface area contributed by atoms with Crippen LogP contribution in [0.2, 0.25) is 0 Å². The summed E-state index contributed by atoms with van der Waals surface area (Å²) in [5, 5.41) is 20.9. The van der Waals surface area contributed by atoms with Crippen LogP contribution in [0.4, 0.5) is 5.69 Å². The quantitative estimate of drug-likeness (QED) is 0.414. The molecule has 0 aliphatic carbocycles. The van der Waals surface area contributed by atoms with E-state index in [0.29, 0.717) is 18.1 Å². The molecule has 0 radical (unpaired) electrons. The van der Waals surface area contributed by atoms with Gasteiger partial charge in [0.1, 0.15) is 0 Å². The molecule has 1 amide bonds. The highest BCUT2D eigenvalue weighted by molar-refractivity contribution is 6.27. The van der Waals surface area contributed by atoms with Gasteiger partial charge in [0.05, 0.1) is 19.8 Å². The van der Waals surface area contributed by atoms with Crippen molar-refractivity contribution in [2.45, 2.75) is 38.6 Å². The second-order valence-electron chi connectivity index (χ2n) is 5.82. The molecule has 1 aromatic carbocycles. The highest BCUT2D eigenvalue weighted by Crippen LogP contribution is 2.30. The Kier molecular flexibility index (Phi) is 9.66. The van der Waals surface area contributed by atoms with E-state index in [2.05, 4.69) is 17.6 Å². The first-order chi connectivity index (χ1) is 12.9. The Morgan fingerprint density at radius 3 is 2.44 bits per heavy atom. The van der Waals surface area contributed by atoms with Crippen LogP contribution < -0.4 is 20.1 Å². The minimum Gasteiger partial charge on any atom is -0.493 e. The number of ether oxygens (including phenoxy) is 2. The van der Waals surface area contributed by atoms with Gasteiger partial charge in [-0.2, -0.15) is 0 Å². The molecule has 0 aromatic heterocycles. The molecule has 1 aliphatic heterocycles. The third-order valence-corrected chi connectivity index (χ3v) is 3.75. The van der Waals surface area contributed by atoms with E-state index < -0.39 is 11.9 Å². The van der Waals surface area contributed by atoms with E-state index in [1.54, 1.807) is 7.11 Å². The summed E-state index contributed by atoms with van der Waals surface area (Å²) in [6.07, 6.45) is 4.01. The summed E-state index contributed by atoms with van der Waals surface area (Å²) in [7, 11) is 1.61. The van der Waals surface area contributed by atoms with Crippen molar-refractivity contribution in [1.82, 2.24) is 5.32 Å². The number of carboxylic acid groups (broad SMARTS) is 2. The molecule has 9 heteroatoms. The molecule has 4 N–H and O–H groups in total. The third-order valence-electron chi connectivity index (χ3n) is 3.75. The zero-order valence-corrected chi connectivity index (χ0v) is 15.5. The topological polar surface area (TPSA) is 134 Å². The van der Waals surface area contributed by atoms with Crippen molar-refractivity contribution in [1.29, 1.82) is 0 Å². The van der Waals surface area contributed by atoms with Crippen molar-refractivity contribution in [3.8, 4) is 11.5 Å². The SMILES string of the molecule is CCCCOc1cc(NC(=O)C2CCCN2)ccc1OC.O=C(O)C(=O)O. The van der Waals surface area contributed by atoms with E-state index in [1.165, 1.54) is 0 Å². The number of hydrogen-bond donors (Lipinski definition) is 4. The van der Waals surface area contributed by atoms with Crippen LogP contribution in [0.15, 0.2) is 18.2 Å². The molecule has 1 heterocycles. The zero-order chi connectivity index (χ0) is 20.2. The Morgan fingerprint density at radius 1 is 1.22 bits per heavy atom. The highest BCUT2D eigenvalue weighted by Gasteiger charge is 2.22. The van der Waals surface area contributed by atoms with Gasteiger partial charge in [-0.25, -0.2) is 9.59 Å². The first kappa shape index (κ1) is 22.2. The lowest BCUT2D eigenvalue weighted by Gasteiger charge is -2.14. The summed E-state index contributed by atoms with van der Waals surface area (Å²) in [4.78, 5) is 30.3. The lowest BCUT2D eigenvalue weighted by atomic mass is 10.2. The summed E-state index contributed by atoms with van der Waals surface area (Å²) in [5.41, 5.74) is 0.737. The van der Waals surface area contributed by atoms with E-state index in [0.717, 1.165) is 37.9 Å². The minimum atomic E-state index is -1.82. The number of amides is 1. The summed E-state index contributed by atoms with van der Waals surface area (Å²) in [6, 6.07) is 5.38. The van der Waals surface area contributed by atoms with Crippen LogP contribution in [-0.2, 0) is 14.4 Å². The molecule has 1 atom stereocenters. The normalized spacial score (nSPS) is 15.3. The van der Waals surface area contributed by atoms with E-state index >= 15 is 0 Å². The van der Waals surface area contributed by atoms with Gasteiger partial charge in [0.15, 0.2) is 11.5 Å². The maximum atomic E-state index is 12.1. The molecule has 1 unspecified atom stereocenters. The van der Waals surface area contributed by atoms with Crippen LogP contribution in [0.3, 0.4) is 0 Å². The largest absolute Gasteiger partial charge is 0.493 e. The second kappa shape index (κ2) is 11.7. The number of rotatable bonds is 7. The van der Waals surface area contributed by atoms with Crippen molar-refractivity contribution in [3.05, 3.63) is 18.2 Å². The van der Waals surface area contributed by atoms with Gasteiger partial charge in [-0.05, 0) is 37.9 Å². The van der Waals surface area contributed by atoms with Gasteiger partial charge in [-0.1, -0.05) is 13.3 Å². The van der Waals surface area contributed by atoms with Gasteiger partial charge in [0, 0.05) is 11.8 Å². The molecule has 27 heavy (non-hydrogen) atoms. The maximum Gasteiger partial charge on any atom is 0.414 e. The van der Waals surface area contributed by atoms with Crippen LogP contribution >= 0.6 is 0 Å². The first-order valence-corrected chi connectivity index (χ1v) is 8.70. The van der Waals surface area contributed by atoms with Gasteiger partial charge in [0.25, 0.3) is 0 Å². The van der Waals surface area contributed by atoms with Crippen molar-refractivity contribution in [3.63, 3.8) is 0 Å². The number of anilines is 1. The molecule has 1 aliphatic rings. The van der Waals surface area contributed by atoms with E-state index in [4.69, 9.17) is 29.3 Å². The fourth-order valence-electron chi connectivity index (χ4n) is 2.33. The Balaban J connectivity index is 0.000000527. The van der Waals surface area contributed by atoms with Crippen LogP contribution in [0.1, 0.15) is 32.6 Å². The molecule has 1 saturated heterocycles. The minimum absolute atomic E-state index is 0.0113. The Bertz CT molecular complexity index is 631. The van der Waals surface area contributed by atoms with Crippen molar-refractivity contribution in [2.24, 2.45) is 0 Å². The smallest absolute Gasteiger partial charge is 0.414 e. The summed E-state index contributed by atoms with van der Waals surface area (Å²) in [6.45, 7) is 3.67. The third kappa shape index (κ3) is 7.95. The lowest BCUT2D eigenvalue weighted by Crippen LogP contribution is -2.35. The van der Waals surface area contributed by atoms with Crippen LogP contribution in [0.25, 0.3) is 0 Å². The van der Waals surface area contributed by atoms with Gasteiger partial charge in [0.2, 0.25) is 5.91 Å². The number of hydrogen-bond acceptors (Lipinski definition) is 6. The van der Waals surface area contributed by atoms with Gasteiger partial charge >= 0.3 is 11.9 Å². The van der Waals surface area contributed by atoms with E-state index in [1.807, 2.05) is 18.2 Å². The molecular weight excluding hydrogens is 356 g/mol. The predicted molar refractivity (Wildman–Crippen MR) is 98.3 cm³/mol. The lowest BCUT2D eigenvalue weighted by molar-refractivity contribution is -0.159. The molecule has 0 spiro atoms. The number of methoxy groups -OCH3 is 1. The molecule has 150 valence electrons. The average molecular weight is 382 g/mol. The zero-order valence-electron chi connectivity index (χ0n) is 15.5. The maximum absolute atomic E-state index is 12.1. The molecule has 0 bridgehead atoms. The number of carbonyl (C=O) groups excluding carboxylic acids is 1. The van der Waals surface area contributed by atoms with E-state index in [9.17, 15) is 4.79 Å². The molecule has 2 rings (SSSR count). The molecule has 0 saturated carbocycles. The molecular formula is C18H26N2O7. The summed E-state index contributed by atoms with van der Waals surface area (Å²) in [5.74, 6) is -2.28. The van der Waals surface area contributed by atoms with Gasteiger partial charge in [-0.3, -0.25) is 4.79 Å². The number of aliphatic carboxylic acids is 2. The predicted octanol–water partition coefficient (Wildman–Crippen LogP) is 1.72. The average Bonchev–Trinajstić information content (AvgIpc) is 3.17. The fourth-order valence-corrected chi connectivity index (χ4v) is 2.33. The number of carbonyl (C=O) groups is 3. The number of unbranched alkanes of at least 4 members (excludes halogenated alkanes) is 1. The van der Waals surface area contributed by atoms with Crippen LogP contribution in [0, 0.1) is 0 Å². The molecule has 1 aromatic rings. The summed E-state index contributed by atoms with van der Waals surface area (Å²) < 4.78 is 11.0. The number of nitrogens with one attached hydrogen (secondary N) is 2.